The van der Waals surface area contributed by atoms with Crippen LogP contribution in [0.15, 0.2) is 36.5 Å². The van der Waals surface area contributed by atoms with Gasteiger partial charge in [-0.2, -0.15) is 18.2 Å². The van der Waals surface area contributed by atoms with E-state index >= 15 is 4.39 Å². The molecule has 0 spiro atoms. The Balaban J connectivity index is 1.36. The van der Waals surface area contributed by atoms with Gasteiger partial charge in [0, 0.05) is 48.7 Å². The van der Waals surface area contributed by atoms with E-state index in [1.165, 1.54) is 0 Å². The Hall–Kier alpha value is -4.42. The van der Waals surface area contributed by atoms with Gasteiger partial charge in [0.1, 0.15) is 22.8 Å². The van der Waals surface area contributed by atoms with Crippen molar-refractivity contribution in [3.05, 3.63) is 70.2 Å². The monoisotopic (exact) mass is 642 g/mol. The van der Waals surface area contributed by atoms with Gasteiger partial charge >= 0.3 is 12.3 Å². The maximum Gasteiger partial charge on any atom is 0.421 e. The summed E-state index contributed by atoms with van der Waals surface area (Å²) in [4.78, 5) is 34.7. The van der Waals surface area contributed by atoms with Crippen LogP contribution in [0.5, 0.6) is 0 Å². The van der Waals surface area contributed by atoms with Gasteiger partial charge in [0.05, 0.1) is 5.41 Å². The van der Waals surface area contributed by atoms with Gasteiger partial charge < -0.3 is 25.6 Å². The lowest BCUT2D eigenvalue weighted by Gasteiger charge is -2.34. The molecule has 0 aliphatic carbocycles. The molecule has 2 aliphatic heterocycles. The number of likely N-dealkylation sites (tertiary alicyclic amines) is 1. The van der Waals surface area contributed by atoms with Crippen LogP contribution in [0.1, 0.15) is 81.2 Å². The standard InChI is InChI=1S/C33H38F4N6O3/c1-18-23(13-12-21(26(18)34)20-10-8-14-43(17-20)30(45)46-31(2,3)4)41-29-39-16-22(33(35,36)37)27(42-29)38-15-19-9-7-11-24-25(19)32(5,6)28(44)40-24/h7,9,11-13,16,20H,8,10,14-15,17H2,1-6H3,(H,40,44)(H2,38,39,41,42). The Bertz CT molecular complexity index is 1670. The number of fused-ring (bicyclic) bond motifs is 1. The first-order valence-electron chi connectivity index (χ1n) is 15.1. The number of nitrogens with one attached hydrogen (secondary N) is 3. The molecule has 46 heavy (non-hydrogen) atoms. The summed E-state index contributed by atoms with van der Waals surface area (Å²) in [5, 5.41) is 8.46. The van der Waals surface area contributed by atoms with E-state index in [1.807, 2.05) is 0 Å². The summed E-state index contributed by atoms with van der Waals surface area (Å²) in [7, 11) is 0. The molecule has 0 radical (unpaired) electrons. The number of aromatic nitrogens is 2. The number of nitrogens with zero attached hydrogens (tertiary/aromatic N) is 3. The second-order valence-corrected chi connectivity index (χ2v) is 13.3. The fourth-order valence-corrected chi connectivity index (χ4v) is 5.95. The molecule has 1 fully saturated rings. The van der Waals surface area contributed by atoms with Crippen LogP contribution in [0.2, 0.25) is 0 Å². The van der Waals surface area contributed by atoms with E-state index in [1.54, 1.807) is 76.8 Å². The SMILES string of the molecule is Cc1c(Nc2ncc(C(F)(F)F)c(NCc3cccc4c3C(C)(C)C(=O)N4)n2)ccc(C2CCCN(C(=O)OC(C)(C)C)C2)c1F. The van der Waals surface area contributed by atoms with Gasteiger partial charge in [-0.05, 0) is 83.2 Å². The molecule has 1 atom stereocenters. The zero-order valence-electron chi connectivity index (χ0n) is 26.7. The molecule has 3 heterocycles. The molecule has 13 heteroatoms. The maximum atomic E-state index is 15.8. The van der Waals surface area contributed by atoms with Crippen LogP contribution >= 0.6 is 0 Å². The summed E-state index contributed by atoms with van der Waals surface area (Å²) < 4.78 is 63.1. The maximum absolute atomic E-state index is 15.8. The Morgan fingerprint density at radius 1 is 1.17 bits per heavy atom. The molecule has 3 aromatic rings. The van der Waals surface area contributed by atoms with E-state index < -0.39 is 40.5 Å². The first-order chi connectivity index (χ1) is 21.5. The number of amides is 2. The van der Waals surface area contributed by atoms with Crippen molar-refractivity contribution in [3.63, 3.8) is 0 Å². The minimum atomic E-state index is -4.74. The summed E-state index contributed by atoms with van der Waals surface area (Å²) in [6, 6.07) is 8.46. The second-order valence-electron chi connectivity index (χ2n) is 13.3. The summed E-state index contributed by atoms with van der Waals surface area (Å²) in [6.45, 7) is 11.2. The fourth-order valence-electron chi connectivity index (χ4n) is 5.95. The molecular weight excluding hydrogens is 604 g/mol. The smallest absolute Gasteiger partial charge is 0.421 e. The third-order valence-corrected chi connectivity index (χ3v) is 8.31. The number of piperidine rings is 1. The predicted octanol–water partition coefficient (Wildman–Crippen LogP) is 7.64. The molecular formula is C33H38F4N6O3. The van der Waals surface area contributed by atoms with Crippen molar-refractivity contribution in [3.8, 4) is 0 Å². The lowest BCUT2D eigenvalue weighted by atomic mass is 9.83. The lowest BCUT2D eigenvalue weighted by Crippen LogP contribution is -2.42. The fraction of sp³-hybridized carbons (Fsp3) is 0.455. The molecule has 246 valence electrons. The van der Waals surface area contributed by atoms with Gasteiger partial charge in [0.25, 0.3) is 0 Å². The number of rotatable bonds is 6. The first-order valence-corrected chi connectivity index (χ1v) is 15.1. The minimum Gasteiger partial charge on any atom is -0.444 e. The van der Waals surface area contributed by atoms with Crippen molar-refractivity contribution in [1.82, 2.24) is 14.9 Å². The van der Waals surface area contributed by atoms with Crippen molar-refractivity contribution < 1.29 is 31.9 Å². The van der Waals surface area contributed by atoms with Crippen LogP contribution < -0.4 is 16.0 Å². The Morgan fingerprint density at radius 2 is 1.91 bits per heavy atom. The van der Waals surface area contributed by atoms with Gasteiger partial charge in [-0.3, -0.25) is 4.79 Å². The Kier molecular flexibility index (Phi) is 8.65. The summed E-state index contributed by atoms with van der Waals surface area (Å²) in [5.74, 6) is -1.54. The molecule has 5 rings (SSSR count). The average molecular weight is 643 g/mol. The number of ether oxygens (including phenoxy) is 1. The number of alkyl halides is 3. The second kappa shape index (κ2) is 12.1. The van der Waals surface area contributed by atoms with Crippen molar-refractivity contribution >= 4 is 35.1 Å². The van der Waals surface area contributed by atoms with Gasteiger partial charge in [0.2, 0.25) is 11.9 Å². The van der Waals surface area contributed by atoms with Crippen molar-refractivity contribution in [2.24, 2.45) is 0 Å². The van der Waals surface area contributed by atoms with Gasteiger partial charge in [0.15, 0.2) is 0 Å². The zero-order chi connectivity index (χ0) is 33.6. The molecule has 3 N–H and O–H groups in total. The molecule has 0 bridgehead atoms. The Morgan fingerprint density at radius 3 is 2.61 bits per heavy atom. The number of benzene rings is 2. The number of hydrogen-bond donors (Lipinski definition) is 3. The van der Waals surface area contributed by atoms with E-state index in [-0.39, 0.29) is 29.9 Å². The molecule has 1 unspecified atom stereocenters. The van der Waals surface area contributed by atoms with Crippen LogP contribution in [-0.4, -0.2) is 45.6 Å². The number of anilines is 4. The summed E-state index contributed by atoms with van der Waals surface area (Å²) in [6.07, 6.45) is -3.14. The highest BCUT2D eigenvalue weighted by atomic mass is 19.4. The van der Waals surface area contributed by atoms with Crippen LogP contribution in [0.25, 0.3) is 0 Å². The predicted molar refractivity (Wildman–Crippen MR) is 167 cm³/mol. The highest BCUT2D eigenvalue weighted by Crippen LogP contribution is 2.41. The van der Waals surface area contributed by atoms with Gasteiger partial charge in [-0.25, -0.2) is 14.2 Å². The van der Waals surface area contributed by atoms with Crippen LogP contribution in [0.4, 0.5) is 45.5 Å². The molecule has 2 aromatic carbocycles. The van der Waals surface area contributed by atoms with Crippen LogP contribution in [0.3, 0.4) is 0 Å². The Labute approximate surface area is 265 Å². The highest BCUT2D eigenvalue weighted by molar-refractivity contribution is 6.06. The minimum absolute atomic E-state index is 0.0366. The zero-order valence-corrected chi connectivity index (χ0v) is 26.7. The number of halogens is 4. The topological polar surface area (TPSA) is 108 Å². The quantitative estimate of drug-likeness (QED) is 0.237. The third kappa shape index (κ3) is 6.73. The third-order valence-electron chi connectivity index (χ3n) is 8.31. The van der Waals surface area contributed by atoms with E-state index in [4.69, 9.17) is 4.74 Å². The van der Waals surface area contributed by atoms with E-state index in [0.29, 0.717) is 60.2 Å². The van der Waals surface area contributed by atoms with E-state index in [2.05, 4.69) is 25.9 Å². The van der Waals surface area contributed by atoms with Crippen molar-refractivity contribution in [1.29, 1.82) is 0 Å². The average Bonchev–Trinajstić information content (AvgIpc) is 3.21. The number of carbonyl (C=O) groups excluding carboxylic acids is 2. The normalized spacial score (nSPS) is 17.7. The first kappa shape index (κ1) is 33.0. The molecule has 1 aromatic heterocycles. The van der Waals surface area contributed by atoms with Crippen LogP contribution in [0, 0.1) is 12.7 Å². The number of carbonyl (C=O) groups is 2. The summed E-state index contributed by atoms with van der Waals surface area (Å²) in [5.41, 5.74) is 0.354. The highest BCUT2D eigenvalue weighted by Gasteiger charge is 2.40. The molecule has 9 nitrogen and oxygen atoms in total. The molecule has 1 saturated heterocycles. The van der Waals surface area contributed by atoms with Crippen molar-refractivity contribution in [2.75, 3.05) is 29.0 Å². The van der Waals surface area contributed by atoms with Gasteiger partial charge in [-0.1, -0.05) is 18.2 Å². The van der Waals surface area contributed by atoms with Crippen molar-refractivity contribution in [2.45, 2.75) is 84.0 Å². The van der Waals surface area contributed by atoms with Crippen LogP contribution in [-0.2, 0) is 27.7 Å². The molecule has 2 amide bonds. The largest absolute Gasteiger partial charge is 0.444 e. The number of hydrogen-bond acceptors (Lipinski definition) is 7. The van der Waals surface area contributed by atoms with E-state index in [0.717, 1.165) is 0 Å². The summed E-state index contributed by atoms with van der Waals surface area (Å²) >= 11 is 0. The molecule has 0 saturated carbocycles. The molecule has 2 aliphatic rings. The van der Waals surface area contributed by atoms with Gasteiger partial charge in [-0.15, -0.1) is 0 Å². The van der Waals surface area contributed by atoms with E-state index in [9.17, 15) is 22.8 Å². The lowest BCUT2D eigenvalue weighted by molar-refractivity contribution is -0.137.